The number of anilines is 1. The summed E-state index contributed by atoms with van der Waals surface area (Å²) in [4.78, 5) is 16.1. The van der Waals surface area contributed by atoms with E-state index in [1.54, 1.807) is 0 Å². The van der Waals surface area contributed by atoms with Gasteiger partial charge in [-0.05, 0) is 32.0 Å². The van der Waals surface area contributed by atoms with E-state index in [-0.39, 0.29) is 0 Å². The van der Waals surface area contributed by atoms with Gasteiger partial charge >= 0.3 is 0 Å². The fourth-order valence-corrected chi connectivity index (χ4v) is 3.36. The number of benzene rings is 1. The van der Waals surface area contributed by atoms with Gasteiger partial charge in [0.15, 0.2) is 0 Å². The Morgan fingerprint density at radius 2 is 1.83 bits per heavy atom. The Morgan fingerprint density at radius 1 is 1.04 bits per heavy atom. The van der Waals surface area contributed by atoms with Gasteiger partial charge in [0.25, 0.3) is 0 Å². The van der Waals surface area contributed by atoms with Gasteiger partial charge in [0, 0.05) is 48.5 Å². The van der Waals surface area contributed by atoms with E-state index < -0.39 is 0 Å². The van der Waals surface area contributed by atoms with Gasteiger partial charge in [-0.15, -0.1) is 0 Å². The molecular weight excluding hydrogens is 298 g/mol. The Morgan fingerprint density at radius 3 is 2.67 bits per heavy atom. The van der Waals surface area contributed by atoms with Crippen molar-refractivity contribution in [3.8, 4) is 11.3 Å². The summed E-state index contributed by atoms with van der Waals surface area (Å²) in [6.07, 6.45) is 3.72. The number of piperazine rings is 1. The molecule has 2 aromatic heterocycles. The molecule has 3 aromatic rings. The molecule has 1 aliphatic heterocycles. The topological polar surface area (TPSA) is 53.9 Å². The van der Waals surface area contributed by atoms with Crippen LogP contribution in [0.3, 0.4) is 0 Å². The zero-order valence-corrected chi connectivity index (χ0v) is 14.0. The lowest BCUT2D eigenvalue weighted by molar-refractivity contribution is 0.403. The van der Waals surface area contributed by atoms with Crippen LogP contribution in [0.25, 0.3) is 22.2 Å². The van der Waals surface area contributed by atoms with Gasteiger partial charge < -0.3 is 10.2 Å². The molecule has 4 rings (SSSR count). The second-order valence-electron chi connectivity index (χ2n) is 6.53. The van der Waals surface area contributed by atoms with Crippen LogP contribution in [0, 0.1) is 0 Å². The first-order chi connectivity index (χ1) is 11.7. The van der Waals surface area contributed by atoms with Crippen molar-refractivity contribution in [2.75, 3.05) is 18.0 Å². The van der Waals surface area contributed by atoms with Gasteiger partial charge in [0.2, 0.25) is 5.95 Å². The van der Waals surface area contributed by atoms with Crippen LogP contribution in [-0.2, 0) is 0 Å². The van der Waals surface area contributed by atoms with Gasteiger partial charge in [-0.1, -0.05) is 18.2 Å². The summed E-state index contributed by atoms with van der Waals surface area (Å²) in [5.41, 5.74) is 2.94. The Balaban J connectivity index is 1.68. The van der Waals surface area contributed by atoms with Crippen LogP contribution in [-0.4, -0.2) is 40.1 Å². The van der Waals surface area contributed by atoms with Crippen molar-refractivity contribution in [1.29, 1.82) is 0 Å². The molecule has 24 heavy (non-hydrogen) atoms. The minimum absolute atomic E-state index is 0.434. The highest BCUT2D eigenvalue weighted by Gasteiger charge is 2.23. The number of rotatable bonds is 2. The molecule has 5 heteroatoms. The molecule has 0 saturated carbocycles. The third kappa shape index (κ3) is 2.95. The molecule has 0 amide bonds. The smallest absolute Gasteiger partial charge is 0.225 e. The van der Waals surface area contributed by atoms with E-state index in [0.29, 0.717) is 12.1 Å². The van der Waals surface area contributed by atoms with E-state index in [2.05, 4.69) is 46.2 Å². The summed E-state index contributed by atoms with van der Waals surface area (Å²) < 4.78 is 0. The Kier molecular flexibility index (Phi) is 3.86. The molecule has 2 atom stereocenters. The van der Waals surface area contributed by atoms with E-state index >= 15 is 0 Å². The highest BCUT2D eigenvalue weighted by Crippen LogP contribution is 2.23. The first kappa shape index (κ1) is 15.0. The number of hydrogen-bond acceptors (Lipinski definition) is 5. The number of nitrogens with one attached hydrogen (secondary N) is 1. The van der Waals surface area contributed by atoms with Crippen molar-refractivity contribution in [2.24, 2.45) is 0 Å². The molecule has 1 aromatic carbocycles. The Hall–Kier alpha value is -2.53. The molecule has 1 saturated heterocycles. The zero-order valence-electron chi connectivity index (χ0n) is 14.0. The third-order valence-corrected chi connectivity index (χ3v) is 4.37. The summed E-state index contributed by atoms with van der Waals surface area (Å²) in [7, 11) is 0. The van der Waals surface area contributed by atoms with Crippen molar-refractivity contribution in [3.63, 3.8) is 0 Å². The molecule has 0 spiro atoms. The van der Waals surface area contributed by atoms with Crippen molar-refractivity contribution in [1.82, 2.24) is 20.3 Å². The average molecular weight is 319 g/mol. The molecule has 1 fully saturated rings. The number of para-hydroxylation sites is 1. The summed E-state index contributed by atoms with van der Waals surface area (Å²) in [6.45, 7) is 6.23. The highest BCUT2D eigenvalue weighted by atomic mass is 15.3. The molecule has 0 aliphatic carbocycles. The predicted octanol–water partition coefficient (Wildman–Crippen LogP) is 2.88. The number of aromatic nitrogens is 3. The minimum Gasteiger partial charge on any atom is -0.338 e. The van der Waals surface area contributed by atoms with Crippen molar-refractivity contribution < 1.29 is 0 Å². The van der Waals surface area contributed by atoms with Gasteiger partial charge in [0.05, 0.1) is 11.2 Å². The fourth-order valence-electron chi connectivity index (χ4n) is 3.36. The Labute approximate surface area is 141 Å². The monoisotopic (exact) mass is 319 g/mol. The number of pyridine rings is 1. The molecule has 0 radical (unpaired) electrons. The zero-order chi connectivity index (χ0) is 16.5. The normalized spacial score (nSPS) is 21.2. The minimum atomic E-state index is 0.434. The predicted molar refractivity (Wildman–Crippen MR) is 97.0 cm³/mol. The maximum absolute atomic E-state index is 4.79. The van der Waals surface area contributed by atoms with Gasteiger partial charge in [0.1, 0.15) is 0 Å². The van der Waals surface area contributed by atoms with Crippen LogP contribution < -0.4 is 10.2 Å². The van der Waals surface area contributed by atoms with Crippen LogP contribution >= 0.6 is 0 Å². The van der Waals surface area contributed by atoms with Crippen molar-refractivity contribution >= 4 is 16.9 Å². The molecule has 122 valence electrons. The van der Waals surface area contributed by atoms with E-state index in [4.69, 9.17) is 4.98 Å². The molecule has 0 bridgehead atoms. The second kappa shape index (κ2) is 6.17. The van der Waals surface area contributed by atoms with Crippen molar-refractivity contribution in [2.45, 2.75) is 25.9 Å². The molecule has 1 aliphatic rings. The van der Waals surface area contributed by atoms with E-state index in [0.717, 1.165) is 41.2 Å². The summed E-state index contributed by atoms with van der Waals surface area (Å²) in [5, 5.41) is 4.66. The average Bonchev–Trinajstić information content (AvgIpc) is 2.60. The van der Waals surface area contributed by atoms with Crippen LogP contribution in [0.15, 0.2) is 48.8 Å². The van der Waals surface area contributed by atoms with Crippen molar-refractivity contribution in [3.05, 3.63) is 48.8 Å². The lowest BCUT2D eigenvalue weighted by atomic mass is 10.1. The van der Waals surface area contributed by atoms with E-state index in [9.17, 15) is 0 Å². The first-order valence-electron chi connectivity index (χ1n) is 8.38. The first-order valence-corrected chi connectivity index (χ1v) is 8.38. The van der Waals surface area contributed by atoms with Gasteiger partial charge in [-0.2, -0.15) is 0 Å². The Bertz CT molecular complexity index is 853. The number of hydrogen-bond donors (Lipinski definition) is 1. The molecule has 0 unspecified atom stereocenters. The standard InChI is InChI=1S/C19H21N5/c1-13-11-24(12-14(2)22-13)19-20-8-7-18(23-19)16-9-15-5-3-4-6-17(15)21-10-16/h3-10,13-14,22H,11-12H2,1-2H3/t13-,14+. The number of nitrogens with zero attached hydrogens (tertiary/aromatic N) is 4. The van der Waals surface area contributed by atoms with Gasteiger partial charge in [-0.3, -0.25) is 4.98 Å². The van der Waals surface area contributed by atoms with Crippen LogP contribution in [0.2, 0.25) is 0 Å². The quantitative estimate of drug-likeness (QED) is 0.787. The number of fused-ring (bicyclic) bond motifs is 1. The second-order valence-corrected chi connectivity index (χ2v) is 6.53. The lowest BCUT2D eigenvalue weighted by Crippen LogP contribution is -2.54. The molecule has 1 N–H and O–H groups in total. The lowest BCUT2D eigenvalue weighted by Gasteiger charge is -2.36. The summed E-state index contributed by atoms with van der Waals surface area (Å²) >= 11 is 0. The maximum atomic E-state index is 4.79. The third-order valence-electron chi connectivity index (χ3n) is 4.37. The largest absolute Gasteiger partial charge is 0.338 e. The van der Waals surface area contributed by atoms with Gasteiger partial charge in [-0.25, -0.2) is 9.97 Å². The van der Waals surface area contributed by atoms with Crippen LogP contribution in [0.4, 0.5) is 5.95 Å². The molecule has 3 heterocycles. The van der Waals surface area contributed by atoms with E-state index in [1.807, 2.05) is 36.7 Å². The van der Waals surface area contributed by atoms with E-state index in [1.165, 1.54) is 0 Å². The fraction of sp³-hybridized carbons (Fsp3) is 0.316. The molecule has 5 nitrogen and oxygen atoms in total. The SMILES string of the molecule is C[C@@H]1CN(c2nccc(-c3cnc4ccccc4c3)n2)C[C@H](C)N1. The summed E-state index contributed by atoms with van der Waals surface area (Å²) in [6, 6.07) is 13.1. The van der Waals surface area contributed by atoms with Crippen LogP contribution in [0.5, 0.6) is 0 Å². The maximum Gasteiger partial charge on any atom is 0.225 e. The highest BCUT2D eigenvalue weighted by molar-refractivity contribution is 5.82. The summed E-state index contributed by atoms with van der Waals surface area (Å²) in [5.74, 6) is 0.792. The van der Waals surface area contributed by atoms with Crippen LogP contribution in [0.1, 0.15) is 13.8 Å². The molecular formula is C19H21N5.